The average Bonchev–Trinajstić information content (AvgIpc) is 2.91. The van der Waals surface area contributed by atoms with Crippen LogP contribution in [0.5, 0.6) is 5.75 Å². The van der Waals surface area contributed by atoms with E-state index in [0.717, 1.165) is 17.0 Å². The Labute approximate surface area is 139 Å². The molecule has 1 fully saturated rings. The van der Waals surface area contributed by atoms with Gasteiger partial charge in [-0.1, -0.05) is 35.9 Å². The molecule has 1 heterocycles. The van der Waals surface area contributed by atoms with Crippen LogP contribution in [0.15, 0.2) is 48.5 Å². The van der Waals surface area contributed by atoms with Gasteiger partial charge >= 0.3 is 0 Å². The summed E-state index contributed by atoms with van der Waals surface area (Å²) in [5, 5.41) is 0.644. The number of halogens is 1. The Hall–Kier alpha value is -1.65. The maximum absolute atomic E-state index is 12.4. The van der Waals surface area contributed by atoms with Gasteiger partial charge in [-0.15, -0.1) is 11.8 Å². The Kier molecular flexibility index (Phi) is 4.60. The highest BCUT2D eigenvalue weighted by Gasteiger charge is 2.35. The summed E-state index contributed by atoms with van der Waals surface area (Å²) in [4.78, 5) is 14.2. The van der Waals surface area contributed by atoms with E-state index in [2.05, 4.69) is 0 Å². The highest BCUT2D eigenvalue weighted by molar-refractivity contribution is 8.00. The second-order valence-corrected chi connectivity index (χ2v) is 6.38. The lowest BCUT2D eigenvalue weighted by Crippen LogP contribution is -2.28. The van der Waals surface area contributed by atoms with E-state index in [0.29, 0.717) is 17.4 Å². The monoisotopic (exact) mass is 333 g/mol. The molecule has 0 aliphatic carbocycles. The van der Waals surface area contributed by atoms with Gasteiger partial charge in [0.2, 0.25) is 5.91 Å². The van der Waals surface area contributed by atoms with Crippen molar-refractivity contribution in [2.45, 2.75) is 12.3 Å². The van der Waals surface area contributed by atoms with Gasteiger partial charge in [-0.3, -0.25) is 9.69 Å². The van der Waals surface area contributed by atoms with Crippen molar-refractivity contribution in [3.05, 3.63) is 59.1 Å². The van der Waals surface area contributed by atoms with Gasteiger partial charge in [0.25, 0.3) is 0 Å². The molecule has 22 heavy (non-hydrogen) atoms. The van der Waals surface area contributed by atoms with Crippen molar-refractivity contribution < 1.29 is 9.53 Å². The number of carbonyl (C=O) groups excluding carboxylic acids is 1. The van der Waals surface area contributed by atoms with Crippen LogP contribution in [0, 0.1) is 0 Å². The fourth-order valence-electron chi connectivity index (χ4n) is 2.49. The molecule has 3 rings (SSSR count). The quantitative estimate of drug-likeness (QED) is 0.824. The predicted octanol–water partition coefficient (Wildman–Crippen LogP) is 4.52. The minimum Gasteiger partial charge on any atom is -0.492 e. The third kappa shape index (κ3) is 2.94. The molecule has 1 amide bonds. The summed E-state index contributed by atoms with van der Waals surface area (Å²) in [5.41, 5.74) is 1.88. The van der Waals surface area contributed by atoms with Crippen molar-refractivity contribution in [1.29, 1.82) is 0 Å². The zero-order valence-corrected chi connectivity index (χ0v) is 13.7. The van der Waals surface area contributed by atoms with Crippen LogP contribution in [0.25, 0.3) is 0 Å². The molecule has 5 heteroatoms. The number of nitrogens with zero attached hydrogens (tertiary/aromatic N) is 1. The number of benzene rings is 2. The molecular formula is C17H16ClNO2S. The highest BCUT2D eigenvalue weighted by atomic mass is 35.5. The lowest BCUT2D eigenvalue weighted by Gasteiger charge is -2.26. The molecule has 0 spiro atoms. The van der Waals surface area contributed by atoms with Gasteiger partial charge in [0.15, 0.2) is 0 Å². The summed E-state index contributed by atoms with van der Waals surface area (Å²) in [6.45, 7) is 2.51. The summed E-state index contributed by atoms with van der Waals surface area (Å²) in [5.74, 6) is 1.30. The van der Waals surface area contributed by atoms with Crippen LogP contribution in [0.4, 0.5) is 5.69 Å². The summed E-state index contributed by atoms with van der Waals surface area (Å²) < 4.78 is 5.68. The predicted molar refractivity (Wildman–Crippen MR) is 91.7 cm³/mol. The van der Waals surface area contributed by atoms with Crippen LogP contribution in [0.2, 0.25) is 5.02 Å². The standard InChI is InChI=1S/C17H16ClNO2S/c1-2-21-15-6-4-3-5-14(15)19-16(20)11-22-17(19)12-7-9-13(18)10-8-12/h3-10,17H,2,11H2,1H3/t17-/m1/s1. The van der Waals surface area contributed by atoms with Crippen LogP contribution in [-0.2, 0) is 4.79 Å². The zero-order valence-electron chi connectivity index (χ0n) is 12.2. The Morgan fingerprint density at radius 3 is 2.68 bits per heavy atom. The van der Waals surface area contributed by atoms with Gasteiger partial charge < -0.3 is 4.74 Å². The molecule has 1 aliphatic heterocycles. The van der Waals surface area contributed by atoms with E-state index in [4.69, 9.17) is 16.3 Å². The topological polar surface area (TPSA) is 29.5 Å². The molecule has 0 unspecified atom stereocenters. The average molecular weight is 334 g/mol. The van der Waals surface area contributed by atoms with Gasteiger partial charge in [0, 0.05) is 5.02 Å². The van der Waals surface area contributed by atoms with Crippen LogP contribution < -0.4 is 9.64 Å². The molecule has 114 valence electrons. The smallest absolute Gasteiger partial charge is 0.238 e. The normalized spacial score (nSPS) is 17.8. The number of hydrogen-bond acceptors (Lipinski definition) is 3. The molecule has 0 radical (unpaired) electrons. The number of thioether (sulfide) groups is 1. The SMILES string of the molecule is CCOc1ccccc1N1C(=O)CS[C@@H]1c1ccc(Cl)cc1. The Balaban J connectivity index is 1.99. The second kappa shape index (κ2) is 6.63. The van der Waals surface area contributed by atoms with E-state index in [1.54, 1.807) is 11.8 Å². The van der Waals surface area contributed by atoms with E-state index < -0.39 is 0 Å². The van der Waals surface area contributed by atoms with Crippen LogP contribution in [-0.4, -0.2) is 18.3 Å². The molecule has 0 saturated carbocycles. The van der Waals surface area contributed by atoms with Crippen LogP contribution >= 0.6 is 23.4 Å². The van der Waals surface area contributed by atoms with Gasteiger partial charge in [-0.25, -0.2) is 0 Å². The number of hydrogen-bond donors (Lipinski definition) is 0. The summed E-state index contributed by atoms with van der Waals surface area (Å²) in [6, 6.07) is 15.3. The molecule has 1 saturated heterocycles. The van der Waals surface area contributed by atoms with Crippen molar-refractivity contribution in [2.24, 2.45) is 0 Å². The lowest BCUT2D eigenvalue weighted by atomic mass is 10.2. The number of ether oxygens (including phenoxy) is 1. The third-order valence-electron chi connectivity index (χ3n) is 3.45. The van der Waals surface area contributed by atoms with Gasteiger partial charge in [-0.2, -0.15) is 0 Å². The molecule has 3 nitrogen and oxygen atoms in total. The molecule has 1 atom stereocenters. The van der Waals surface area contributed by atoms with Crippen molar-refractivity contribution in [2.75, 3.05) is 17.3 Å². The van der Waals surface area contributed by atoms with E-state index >= 15 is 0 Å². The fraction of sp³-hybridized carbons (Fsp3) is 0.235. The Bertz CT molecular complexity index is 675. The lowest BCUT2D eigenvalue weighted by molar-refractivity contribution is -0.115. The molecule has 2 aromatic carbocycles. The molecular weight excluding hydrogens is 318 g/mol. The summed E-state index contributed by atoms with van der Waals surface area (Å²) >= 11 is 7.58. The Morgan fingerprint density at radius 2 is 1.95 bits per heavy atom. The Morgan fingerprint density at radius 1 is 1.23 bits per heavy atom. The van der Waals surface area contributed by atoms with Crippen molar-refractivity contribution in [3.8, 4) is 5.75 Å². The minimum absolute atomic E-state index is 0.0497. The van der Waals surface area contributed by atoms with E-state index in [-0.39, 0.29) is 11.3 Å². The van der Waals surface area contributed by atoms with Crippen LogP contribution in [0.1, 0.15) is 17.9 Å². The number of rotatable bonds is 4. The number of para-hydroxylation sites is 2. The fourth-order valence-corrected chi connectivity index (χ4v) is 3.79. The summed E-state index contributed by atoms with van der Waals surface area (Å²) in [6.07, 6.45) is 0. The van der Waals surface area contributed by atoms with Gasteiger partial charge in [0.1, 0.15) is 11.1 Å². The molecule has 0 N–H and O–H groups in total. The first-order valence-electron chi connectivity index (χ1n) is 7.11. The van der Waals surface area contributed by atoms with E-state index in [1.807, 2.05) is 60.4 Å². The second-order valence-electron chi connectivity index (χ2n) is 4.88. The maximum atomic E-state index is 12.4. The molecule has 2 aromatic rings. The maximum Gasteiger partial charge on any atom is 0.238 e. The number of anilines is 1. The van der Waals surface area contributed by atoms with Gasteiger partial charge in [0.05, 0.1) is 18.0 Å². The van der Waals surface area contributed by atoms with Gasteiger partial charge in [-0.05, 0) is 36.8 Å². The highest BCUT2D eigenvalue weighted by Crippen LogP contribution is 2.44. The van der Waals surface area contributed by atoms with Crippen molar-refractivity contribution in [3.63, 3.8) is 0 Å². The summed E-state index contributed by atoms with van der Waals surface area (Å²) in [7, 11) is 0. The van der Waals surface area contributed by atoms with E-state index in [9.17, 15) is 4.79 Å². The zero-order chi connectivity index (χ0) is 15.5. The number of carbonyl (C=O) groups is 1. The number of amides is 1. The van der Waals surface area contributed by atoms with Crippen molar-refractivity contribution >= 4 is 35.0 Å². The largest absolute Gasteiger partial charge is 0.492 e. The van der Waals surface area contributed by atoms with Crippen molar-refractivity contribution in [1.82, 2.24) is 0 Å². The molecule has 0 bridgehead atoms. The molecule has 0 aromatic heterocycles. The molecule has 1 aliphatic rings. The van der Waals surface area contributed by atoms with E-state index in [1.165, 1.54) is 0 Å². The minimum atomic E-state index is -0.0497. The first-order valence-corrected chi connectivity index (χ1v) is 8.54. The third-order valence-corrected chi connectivity index (χ3v) is 4.91. The van der Waals surface area contributed by atoms with Crippen LogP contribution in [0.3, 0.4) is 0 Å². The first kappa shape index (κ1) is 15.3. The first-order chi connectivity index (χ1) is 10.7.